The number of guanidine groups is 1. The summed E-state index contributed by atoms with van der Waals surface area (Å²) in [4.78, 5) is 4.23. The van der Waals surface area contributed by atoms with Crippen molar-refractivity contribution in [2.75, 3.05) is 26.7 Å². The molecule has 1 unspecified atom stereocenters. The van der Waals surface area contributed by atoms with Crippen LogP contribution in [0.3, 0.4) is 0 Å². The number of benzene rings is 1. The molecule has 0 fully saturated rings. The van der Waals surface area contributed by atoms with Gasteiger partial charge in [-0.15, -0.1) is 0 Å². The van der Waals surface area contributed by atoms with Crippen LogP contribution < -0.4 is 10.6 Å². The molecule has 0 radical (unpaired) electrons. The number of aliphatic imine (C=N–C) groups is 1. The van der Waals surface area contributed by atoms with Crippen LogP contribution in [-0.4, -0.2) is 43.0 Å². The van der Waals surface area contributed by atoms with E-state index in [1.54, 1.807) is 7.05 Å². The molecule has 0 aliphatic carbocycles. The van der Waals surface area contributed by atoms with Crippen molar-refractivity contribution < 1.29 is 9.63 Å². The molecule has 6 nitrogen and oxygen atoms in total. The minimum atomic E-state index is 0.0345. The Labute approximate surface area is 143 Å². The summed E-state index contributed by atoms with van der Waals surface area (Å²) in [5, 5.41) is 20.1. The van der Waals surface area contributed by atoms with E-state index in [0.717, 1.165) is 41.5 Å². The molecule has 1 aromatic carbocycles. The Bertz CT molecular complexity index is 633. The number of aryl methyl sites for hydroxylation is 2. The van der Waals surface area contributed by atoms with Gasteiger partial charge in [0.15, 0.2) is 5.96 Å². The first-order valence-electron chi connectivity index (χ1n) is 8.17. The highest BCUT2D eigenvalue weighted by atomic mass is 16.5. The summed E-state index contributed by atoms with van der Waals surface area (Å²) in [5.41, 5.74) is 3.18. The molecule has 3 N–H and O–H groups in total. The summed E-state index contributed by atoms with van der Waals surface area (Å²) < 4.78 is 5.17. The van der Waals surface area contributed by atoms with Gasteiger partial charge < -0.3 is 20.3 Å². The number of nitrogens with one attached hydrogen (secondary N) is 2. The Morgan fingerprint density at radius 3 is 2.58 bits per heavy atom. The van der Waals surface area contributed by atoms with Crippen LogP contribution in [0, 0.1) is 13.8 Å². The molecule has 0 aliphatic heterocycles. The highest BCUT2D eigenvalue weighted by Crippen LogP contribution is 2.14. The summed E-state index contributed by atoms with van der Waals surface area (Å²) in [6, 6.07) is 9.98. The van der Waals surface area contributed by atoms with Gasteiger partial charge in [0.2, 0.25) is 0 Å². The fourth-order valence-electron chi connectivity index (χ4n) is 2.62. The minimum Gasteiger partial charge on any atom is -0.396 e. The van der Waals surface area contributed by atoms with Crippen LogP contribution in [0.25, 0.3) is 0 Å². The SMILES string of the molecule is CN=C(NCCc1c(C)noc1C)NCC(CO)c1ccccc1. The van der Waals surface area contributed by atoms with Crippen LogP contribution in [0.1, 0.15) is 28.5 Å². The third-order valence-electron chi connectivity index (χ3n) is 4.08. The van der Waals surface area contributed by atoms with Gasteiger partial charge in [-0.3, -0.25) is 4.99 Å². The zero-order valence-electron chi connectivity index (χ0n) is 14.5. The lowest BCUT2D eigenvalue weighted by Gasteiger charge is -2.18. The molecule has 6 heteroatoms. The van der Waals surface area contributed by atoms with Gasteiger partial charge in [0.1, 0.15) is 5.76 Å². The van der Waals surface area contributed by atoms with E-state index in [1.165, 1.54) is 0 Å². The average Bonchev–Trinajstić information content (AvgIpc) is 2.93. The molecule has 0 spiro atoms. The number of aliphatic hydroxyl groups excluding tert-OH is 1. The fourth-order valence-corrected chi connectivity index (χ4v) is 2.62. The predicted octanol–water partition coefficient (Wildman–Crippen LogP) is 1.78. The highest BCUT2D eigenvalue weighted by molar-refractivity contribution is 5.79. The van der Waals surface area contributed by atoms with E-state index in [-0.39, 0.29) is 12.5 Å². The van der Waals surface area contributed by atoms with Crippen molar-refractivity contribution in [2.45, 2.75) is 26.2 Å². The van der Waals surface area contributed by atoms with Gasteiger partial charge in [0, 0.05) is 31.6 Å². The van der Waals surface area contributed by atoms with Crippen LogP contribution in [-0.2, 0) is 6.42 Å². The Morgan fingerprint density at radius 1 is 1.25 bits per heavy atom. The van der Waals surface area contributed by atoms with Crippen molar-refractivity contribution in [1.82, 2.24) is 15.8 Å². The molecule has 0 bridgehead atoms. The molecule has 24 heavy (non-hydrogen) atoms. The van der Waals surface area contributed by atoms with E-state index in [2.05, 4.69) is 20.8 Å². The summed E-state index contributed by atoms with van der Waals surface area (Å²) >= 11 is 0. The van der Waals surface area contributed by atoms with E-state index >= 15 is 0 Å². The minimum absolute atomic E-state index is 0.0345. The highest BCUT2D eigenvalue weighted by Gasteiger charge is 2.11. The monoisotopic (exact) mass is 330 g/mol. The Morgan fingerprint density at radius 2 is 2.00 bits per heavy atom. The quantitative estimate of drug-likeness (QED) is 0.532. The van der Waals surface area contributed by atoms with Gasteiger partial charge in [-0.25, -0.2) is 0 Å². The zero-order valence-corrected chi connectivity index (χ0v) is 14.5. The van der Waals surface area contributed by atoms with Crippen LogP contribution in [0.2, 0.25) is 0 Å². The second-order valence-corrected chi connectivity index (χ2v) is 5.72. The van der Waals surface area contributed by atoms with Crippen LogP contribution in [0.4, 0.5) is 0 Å². The normalized spacial score (nSPS) is 12.9. The number of aromatic nitrogens is 1. The van der Waals surface area contributed by atoms with Gasteiger partial charge >= 0.3 is 0 Å². The Kier molecular flexibility index (Phi) is 6.81. The third kappa shape index (κ3) is 4.83. The molecule has 0 amide bonds. The zero-order chi connectivity index (χ0) is 17.4. The lowest BCUT2D eigenvalue weighted by Crippen LogP contribution is -2.40. The first kappa shape index (κ1) is 18.0. The predicted molar refractivity (Wildman–Crippen MR) is 95.3 cm³/mol. The van der Waals surface area contributed by atoms with Gasteiger partial charge in [-0.2, -0.15) is 0 Å². The largest absolute Gasteiger partial charge is 0.396 e. The van der Waals surface area contributed by atoms with Crippen LogP contribution >= 0.6 is 0 Å². The van der Waals surface area contributed by atoms with E-state index in [9.17, 15) is 5.11 Å². The van der Waals surface area contributed by atoms with Gasteiger partial charge in [-0.05, 0) is 25.8 Å². The Balaban J connectivity index is 1.82. The number of aliphatic hydroxyl groups is 1. The molecule has 1 atom stereocenters. The number of hydrogen-bond donors (Lipinski definition) is 3. The maximum absolute atomic E-state index is 9.61. The van der Waals surface area contributed by atoms with E-state index in [1.807, 2.05) is 44.2 Å². The summed E-state index contributed by atoms with van der Waals surface area (Å²) in [6.45, 7) is 5.31. The molecule has 2 aromatic rings. The summed E-state index contributed by atoms with van der Waals surface area (Å²) in [5.74, 6) is 1.62. The molecule has 0 saturated carbocycles. The number of nitrogens with zero attached hydrogens (tertiary/aromatic N) is 2. The second-order valence-electron chi connectivity index (χ2n) is 5.72. The van der Waals surface area contributed by atoms with Crippen LogP contribution in [0.15, 0.2) is 39.8 Å². The lowest BCUT2D eigenvalue weighted by molar-refractivity contribution is 0.265. The topological polar surface area (TPSA) is 82.7 Å². The van der Waals surface area contributed by atoms with Crippen molar-refractivity contribution in [3.63, 3.8) is 0 Å². The van der Waals surface area contributed by atoms with Gasteiger partial charge in [-0.1, -0.05) is 35.5 Å². The molecule has 0 aliphatic rings. The second kappa shape index (κ2) is 9.08. The number of hydrogen-bond acceptors (Lipinski definition) is 4. The first-order chi connectivity index (χ1) is 11.7. The molecule has 2 rings (SSSR count). The van der Waals surface area contributed by atoms with E-state index in [0.29, 0.717) is 6.54 Å². The van der Waals surface area contributed by atoms with E-state index < -0.39 is 0 Å². The van der Waals surface area contributed by atoms with E-state index in [4.69, 9.17) is 4.52 Å². The van der Waals surface area contributed by atoms with Crippen molar-refractivity contribution in [3.8, 4) is 0 Å². The van der Waals surface area contributed by atoms with Crippen molar-refractivity contribution in [2.24, 2.45) is 4.99 Å². The third-order valence-corrected chi connectivity index (χ3v) is 4.08. The van der Waals surface area contributed by atoms with Gasteiger partial charge in [0.25, 0.3) is 0 Å². The fraction of sp³-hybridized carbons (Fsp3) is 0.444. The van der Waals surface area contributed by atoms with Gasteiger partial charge in [0.05, 0.1) is 12.3 Å². The van der Waals surface area contributed by atoms with Crippen molar-refractivity contribution in [3.05, 3.63) is 52.9 Å². The molecule has 130 valence electrons. The molecule has 1 aromatic heterocycles. The smallest absolute Gasteiger partial charge is 0.191 e. The molecular weight excluding hydrogens is 304 g/mol. The molecule has 1 heterocycles. The Hall–Kier alpha value is -2.34. The number of rotatable bonds is 7. The van der Waals surface area contributed by atoms with Crippen LogP contribution in [0.5, 0.6) is 0 Å². The van der Waals surface area contributed by atoms with Crippen molar-refractivity contribution in [1.29, 1.82) is 0 Å². The van der Waals surface area contributed by atoms with Crippen molar-refractivity contribution >= 4 is 5.96 Å². The average molecular weight is 330 g/mol. The summed E-state index contributed by atoms with van der Waals surface area (Å²) in [6.07, 6.45) is 0.823. The molecular formula is C18H26N4O2. The molecule has 0 saturated heterocycles. The summed E-state index contributed by atoms with van der Waals surface area (Å²) in [7, 11) is 1.74. The standard InChI is InChI=1S/C18H26N4O2/c1-13-17(14(2)24-22-13)9-10-20-18(19-3)21-11-16(12-23)15-7-5-4-6-8-15/h4-8,16,23H,9-12H2,1-3H3,(H2,19,20,21). The maximum Gasteiger partial charge on any atom is 0.191 e. The lowest BCUT2D eigenvalue weighted by atomic mass is 10.0. The first-order valence-corrected chi connectivity index (χ1v) is 8.17. The maximum atomic E-state index is 9.61.